The molecule has 1 saturated heterocycles. The average molecular weight is 384 g/mol. The number of non-ortho nitro benzene ring substituents is 1. The molecular weight excluding hydrogens is 360 g/mol. The Morgan fingerprint density at radius 2 is 1.89 bits per heavy atom. The zero-order valence-electron chi connectivity index (χ0n) is 16.3. The fourth-order valence-electron chi connectivity index (χ4n) is 3.40. The molecule has 0 aromatic heterocycles. The van der Waals surface area contributed by atoms with Gasteiger partial charge in [0.05, 0.1) is 29.4 Å². The Labute approximate surface area is 164 Å². The predicted molar refractivity (Wildman–Crippen MR) is 106 cm³/mol. The minimum atomic E-state index is -0.609. The Bertz CT molecular complexity index is 888. The normalized spacial score (nSPS) is 14.2. The minimum Gasteiger partial charge on any atom is -0.423 e. The van der Waals surface area contributed by atoms with Crippen LogP contribution in [0.2, 0.25) is 0 Å². The van der Waals surface area contributed by atoms with E-state index >= 15 is 0 Å². The number of nitro benzene ring substituents is 1. The molecule has 1 fully saturated rings. The van der Waals surface area contributed by atoms with E-state index in [4.69, 9.17) is 9.47 Å². The Morgan fingerprint density at radius 1 is 1.18 bits per heavy atom. The van der Waals surface area contributed by atoms with Crippen LogP contribution in [0.4, 0.5) is 11.4 Å². The Kier molecular flexibility index (Phi) is 5.94. The lowest BCUT2D eigenvalue weighted by Gasteiger charge is -2.30. The van der Waals surface area contributed by atoms with Crippen LogP contribution in [-0.4, -0.2) is 37.2 Å². The van der Waals surface area contributed by atoms with Gasteiger partial charge in [-0.3, -0.25) is 10.1 Å². The molecule has 1 aliphatic heterocycles. The van der Waals surface area contributed by atoms with Crippen molar-refractivity contribution in [2.45, 2.75) is 26.7 Å². The smallest absolute Gasteiger partial charge is 0.345 e. The number of carbonyl (C=O) groups excluding carboxylic acids is 1. The number of ether oxygens (including phenoxy) is 2. The Balaban J connectivity index is 1.91. The standard InChI is InChI=1S/C21H24N2O5/c1-14(2)18-6-5-17(12-15(18)3)28-21(24)19-13-16(23(25)26)4-7-20(19)22-8-10-27-11-9-22/h4-7,12-14H,8-11H2,1-3H3. The number of nitrogens with zero attached hydrogens (tertiary/aromatic N) is 2. The van der Waals surface area contributed by atoms with E-state index in [9.17, 15) is 14.9 Å². The molecule has 148 valence electrons. The molecule has 7 nitrogen and oxygen atoms in total. The third-order valence-corrected chi connectivity index (χ3v) is 4.84. The molecule has 0 unspecified atom stereocenters. The maximum Gasteiger partial charge on any atom is 0.345 e. The zero-order chi connectivity index (χ0) is 20.3. The molecule has 0 atom stereocenters. The molecule has 0 saturated carbocycles. The van der Waals surface area contributed by atoms with Crippen LogP contribution in [0.15, 0.2) is 36.4 Å². The van der Waals surface area contributed by atoms with Crippen molar-refractivity contribution >= 4 is 17.3 Å². The maximum absolute atomic E-state index is 12.9. The van der Waals surface area contributed by atoms with Crippen LogP contribution >= 0.6 is 0 Å². The highest BCUT2D eigenvalue weighted by atomic mass is 16.6. The summed E-state index contributed by atoms with van der Waals surface area (Å²) in [5.74, 6) is 0.183. The van der Waals surface area contributed by atoms with E-state index in [1.165, 1.54) is 17.7 Å². The van der Waals surface area contributed by atoms with Gasteiger partial charge in [-0.25, -0.2) is 4.79 Å². The summed E-state index contributed by atoms with van der Waals surface area (Å²) in [6.45, 7) is 8.49. The van der Waals surface area contributed by atoms with E-state index in [-0.39, 0.29) is 11.3 Å². The van der Waals surface area contributed by atoms with Gasteiger partial charge in [-0.15, -0.1) is 0 Å². The number of hydrogen-bond acceptors (Lipinski definition) is 6. The van der Waals surface area contributed by atoms with Crippen LogP contribution in [0.1, 0.15) is 41.3 Å². The van der Waals surface area contributed by atoms with Crippen molar-refractivity contribution in [3.8, 4) is 5.75 Å². The summed E-state index contributed by atoms with van der Waals surface area (Å²) in [6.07, 6.45) is 0. The van der Waals surface area contributed by atoms with E-state index < -0.39 is 10.9 Å². The van der Waals surface area contributed by atoms with Crippen LogP contribution in [0.25, 0.3) is 0 Å². The first-order valence-electron chi connectivity index (χ1n) is 9.30. The monoisotopic (exact) mass is 384 g/mol. The molecule has 28 heavy (non-hydrogen) atoms. The fourth-order valence-corrected chi connectivity index (χ4v) is 3.40. The summed E-state index contributed by atoms with van der Waals surface area (Å²) >= 11 is 0. The van der Waals surface area contributed by atoms with E-state index in [1.54, 1.807) is 12.1 Å². The number of benzene rings is 2. The van der Waals surface area contributed by atoms with Gasteiger partial charge in [0, 0.05) is 25.2 Å². The second-order valence-corrected chi connectivity index (χ2v) is 7.12. The molecule has 3 rings (SSSR count). The van der Waals surface area contributed by atoms with E-state index in [0.29, 0.717) is 43.7 Å². The van der Waals surface area contributed by atoms with Gasteiger partial charge in [0.2, 0.25) is 0 Å². The SMILES string of the molecule is Cc1cc(OC(=O)c2cc([N+](=O)[O-])ccc2N2CCOCC2)ccc1C(C)C. The van der Waals surface area contributed by atoms with Crippen molar-refractivity contribution in [2.24, 2.45) is 0 Å². The molecular formula is C21H24N2O5. The van der Waals surface area contributed by atoms with E-state index in [1.807, 2.05) is 24.0 Å². The lowest BCUT2D eigenvalue weighted by atomic mass is 9.98. The van der Waals surface area contributed by atoms with Gasteiger partial charge >= 0.3 is 5.97 Å². The molecule has 2 aromatic carbocycles. The molecule has 0 spiro atoms. The van der Waals surface area contributed by atoms with E-state index in [0.717, 1.165) is 5.56 Å². The number of anilines is 1. The van der Waals surface area contributed by atoms with Crippen LogP contribution in [0, 0.1) is 17.0 Å². The first kappa shape index (κ1) is 19.8. The van der Waals surface area contributed by atoms with Crippen molar-refractivity contribution in [2.75, 3.05) is 31.2 Å². The molecule has 0 aliphatic carbocycles. The summed E-state index contributed by atoms with van der Waals surface area (Å²) < 4.78 is 10.9. The molecule has 1 aliphatic rings. The molecule has 0 N–H and O–H groups in total. The molecule has 0 amide bonds. The van der Waals surface area contributed by atoms with Gasteiger partial charge in [-0.05, 0) is 42.2 Å². The van der Waals surface area contributed by atoms with E-state index in [2.05, 4.69) is 13.8 Å². The summed E-state index contributed by atoms with van der Waals surface area (Å²) in [5.41, 5.74) is 2.88. The summed E-state index contributed by atoms with van der Waals surface area (Å²) in [7, 11) is 0. The molecule has 1 heterocycles. The quantitative estimate of drug-likeness (QED) is 0.334. The number of aryl methyl sites for hydroxylation is 1. The van der Waals surface area contributed by atoms with Gasteiger partial charge < -0.3 is 14.4 Å². The van der Waals surface area contributed by atoms with Crippen LogP contribution in [-0.2, 0) is 4.74 Å². The lowest BCUT2D eigenvalue weighted by molar-refractivity contribution is -0.384. The van der Waals surface area contributed by atoms with Crippen LogP contribution in [0.3, 0.4) is 0 Å². The highest BCUT2D eigenvalue weighted by Gasteiger charge is 2.23. The second-order valence-electron chi connectivity index (χ2n) is 7.12. The maximum atomic E-state index is 12.9. The van der Waals surface area contributed by atoms with Crippen molar-refractivity contribution in [3.05, 3.63) is 63.2 Å². The highest BCUT2D eigenvalue weighted by molar-refractivity contribution is 5.98. The molecule has 0 radical (unpaired) electrons. The van der Waals surface area contributed by atoms with Crippen LogP contribution < -0.4 is 9.64 Å². The van der Waals surface area contributed by atoms with Gasteiger partial charge in [-0.1, -0.05) is 19.9 Å². The van der Waals surface area contributed by atoms with Gasteiger partial charge in [-0.2, -0.15) is 0 Å². The van der Waals surface area contributed by atoms with Crippen molar-refractivity contribution in [1.82, 2.24) is 0 Å². The number of carbonyl (C=O) groups is 1. The largest absolute Gasteiger partial charge is 0.423 e. The average Bonchev–Trinajstić information content (AvgIpc) is 2.68. The first-order valence-corrected chi connectivity index (χ1v) is 9.30. The first-order chi connectivity index (χ1) is 13.4. The summed E-state index contributed by atoms with van der Waals surface area (Å²) in [4.78, 5) is 25.5. The topological polar surface area (TPSA) is 81.9 Å². The number of nitro groups is 1. The lowest BCUT2D eigenvalue weighted by Crippen LogP contribution is -2.37. The minimum absolute atomic E-state index is 0.143. The number of esters is 1. The number of hydrogen-bond donors (Lipinski definition) is 0. The third-order valence-electron chi connectivity index (χ3n) is 4.84. The van der Waals surface area contributed by atoms with Crippen molar-refractivity contribution < 1.29 is 19.2 Å². The Hall–Kier alpha value is -2.93. The highest BCUT2D eigenvalue weighted by Crippen LogP contribution is 2.29. The molecule has 2 aromatic rings. The van der Waals surface area contributed by atoms with Gasteiger partial charge in [0.25, 0.3) is 5.69 Å². The van der Waals surface area contributed by atoms with Gasteiger partial charge in [0.15, 0.2) is 0 Å². The van der Waals surface area contributed by atoms with Gasteiger partial charge in [0.1, 0.15) is 5.75 Å². The summed E-state index contributed by atoms with van der Waals surface area (Å²) in [5, 5.41) is 11.2. The third kappa shape index (κ3) is 4.31. The fraction of sp³-hybridized carbons (Fsp3) is 0.381. The van der Waals surface area contributed by atoms with Crippen molar-refractivity contribution in [1.29, 1.82) is 0 Å². The summed E-state index contributed by atoms with van der Waals surface area (Å²) in [6, 6.07) is 9.81. The van der Waals surface area contributed by atoms with Crippen molar-refractivity contribution in [3.63, 3.8) is 0 Å². The predicted octanol–water partition coefficient (Wildman–Crippen LogP) is 4.08. The molecule has 7 heteroatoms. The second kappa shape index (κ2) is 8.39. The van der Waals surface area contributed by atoms with Crippen LogP contribution in [0.5, 0.6) is 5.75 Å². The molecule has 0 bridgehead atoms. The zero-order valence-corrected chi connectivity index (χ0v) is 16.3. The number of morpholine rings is 1. The Morgan fingerprint density at radius 3 is 2.50 bits per heavy atom. The number of rotatable bonds is 5.